The summed E-state index contributed by atoms with van der Waals surface area (Å²) >= 11 is 0. The quantitative estimate of drug-likeness (QED) is 0.933. The van der Waals surface area contributed by atoms with Crippen molar-refractivity contribution in [2.45, 2.75) is 47.1 Å². The van der Waals surface area contributed by atoms with Crippen LogP contribution in [0.1, 0.15) is 58.4 Å². The Morgan fingerprint density at radius 1 is 1.33 bits per heavy atom. The Bertz CT molecular complexity index is 659. The number of hydrogen-bond donors (Lipinski definition) is 1. The molecule has 1 amide bonds. The summed E-state index contributed by atoms with van der Waals surface area (Å²) in [6.07, 6.45) is 0.679. The number of carbonyl (C=O) groups is 1. The molecular formula is C17H22N2O2. The van der Waals surface area contributed by atoms with E-state index in [0.29, 0.717) is 23.4 Å². The molecule has 112 valence electrons. The van der Waals surface area contributed by atoms with Crippen molar-refractivity contribution in [2.24, 2.45) is 0 Å². The molecule has 21 heavy (non-hydrogen) atoms. The van der Waals surface area contributed by atoms with E-state index in [2.05, 4.69) is 42.5 Å². The monoisotopic (exact) mass is 286 g/mol. The van der Waals surface area contributed by atoms with Crippen LogP contribution >= 0.6 is 0 Å². The highest BCUT2D eigenvalue weighted by Crippen LogP contribution is 2.20. The second kappa shape index (κ2) is 6.12. The molecule has 2 rings (SSSR count). The van der Waals surface area contributed by atoms with Gasteiger partial charge in [0.2, 0.25) is 0 Å². The summed E-state index contributed by atoms with van der Waals surface area (Å²) in [7, 11) is 0. The smallest absolute Gasteiger partial charge is 0.257 e. The van der Waals surface area contributed by atoms with Crippen molar-refractivity contribution in [3.05, 3.63) is 51.9 Å². The standard InChI is InChI=1S/C17H22N2O2/c1-6-15-16(13(5)21-19-15)17(20)18-12(4)14-8-7-10(2)9-11(14)3/h7-9,12H,6H2,1-5H3,(H,18,20). The second-order valence-corrected chi connectivity index (χ2v) is 5.47. The van der Waals surface area contributed by atoms with E-state index < -0.39 is 0 Å². The Kier molecular flexibility index (Phi) is 4.46. The molecule has 1 N–H and O–H groups in total. The molecule has 0 aliphatic rings. The van der Waals surface area contributed by atoms with Crippen LogP contribution in [0.2, 0.25) is 0 Å². The predicted octanol–water partition coefficient (Wildman–Crippen LogP) is 3.65. The largest absolute Gasteiger partial charge is 0.361 e. The molecular weight excluding hydrogens is 264 g/mol. The number of rotatable bonds is 4. The lowest BCUT2D eigenvalue weighted by molar-refractivity contribution is 0.0937. The first-order valence-electron chi connectivity index (χ1n) is 7.27. The molecule has 0 saturated carbocycles. The molecule has 1 aromatic carbocycles. The third kappa shape index (κ3) is 3.15. The first kappa shape index (κ1) is 15.3. The lowest BCUT2D eigenvalue weighted by Gasteiger charge is -2.17. The van der Waals surface area contributed by atoms with Crippen LogP contribution in [0, 0.1) is 20.8 Å². The molecule has 1 aromatic heterocycles. The average Bonchev–Trinajstić information content (AvgIpc) is 2.79. The summed E-state index contributed by atoms with van der Waals surface area (Å²) < 4.78 is 5.12. The lowest BCUT2D eigenvalue weighted by atomic mass is 10.00. The fourth-order valence-corrected chi connectivity index (χ4v) is 2.61. The van der Waals surface area contributed by atoms with Crippen molar-refractivity contribution in [1.82, 2.24) is 10.5 Å². The second-order valence-electron chi connectivity index (χ2n) is 5.47. The minimum Gasteiger partial charge on any atom is -0.361 e. The summed E-state index contributed by atoms with van der Waals surface area (Å²) in [5, 5.41) is 6.96. The van der Waals surface area contributed by atoms with Gasteiger partial charge < -0.3 is 9.84 Å². The first-order chi connectivity index (χ1) is 9.93. The third-order valence-electron chi connectivity index (χ3n) is 3.73. The summed E-state index contributed by atoms with van der Waals surface area (Å²) in [5.41, 5.74) is 4.80. The zero-order valence-corrected chi connectivity index (χ0v) is 13.3. The van der Waals surface area contributed by atoms with Crippen LogP contribution in [0.3, 0.4) is 0 Å². The predicted molar refractivity (Wildman–Crippen MR) is 82.4 cm³/mol. The van der Waals surface area contributed by atoms with Crippen molar-refractivity contribution in [1.29, 1.82) is 0 Å². The third-order valence-corrected chi connectivity index (χ3v) is 3.73. The van der Waals surface area contributed by atoms with Crippen molar-refractivity contribution in [3.8, 4) is 0 Å². The highest BCUT2D eigenvalue weighted by molar-refractivity contribution is 5.96. The number of amides is 1. The summed E-state index contributed by atoms with van der Waals surface area (Å²) in [4.78, 5) is 12.5. The molecule has 0 saturated heterocycles. The Labute approximate surface area is 125 Å². The van der Waals surface area contributed by atoms with Gasteiger partial charge >= 0.3 is 0 Å². The Hall–Kier alpha value is -2.10. The molecule has 0 bridgehead atoms. The van der Waals surface area contributed by atoms with E-state index in [0.717, 1.165) is 5.56 Å². The van der Waals surface area contributed by atoms with Gasteiger partial charge in [0.05, 0.1) is 11.7 Å². The van der Waals surface area contributed by atoms with Gasteiger partial charge in [-0.15, -0.1) is 0 Å². The van der Waals surface area contributed by atoms with E-state index in [1.165, 1.54) is 11.1 Å². The molecule has 0 radical (unpaired) electrons. The van der Waals surface area contributed by atoms with Crippen molar-refractivity contribution >= 4 is 5.91 Å². The van der Waals surface area contributed by atoms with Gasteiger partial charge in [-0.05, 0) is 45.2 Å². The number of hydrogen-bond acceptors (Lipinski definition) is 3. The molecule has 1 heterocycles. The maximum atomic E-state index is 12.5. The molecule has 2 aromatic rings. The van der Waals surface area contributed by atoms with E-state index in [4.69, 9.17) is 4.52 Å². The Morgan fingerprint density at radius 2 is 2.05 bits per heavy atom. The minimum atomic E-state index is -0.127. The Morgan fingerprint density at radius 3 is 2.67 bits per heavy atom. The average molecular weight is 286 g/mol. The van der Waals surface area contributed by atoms with Crippen LogP contribution < -0.4 is 5.32 Å². The summed E-state index contributed by atoms with van der Waals surface area (Å²) in [5.74, 6) is 0.440. The molecule has 4 heteroatoms. The zero-order valence-electron chi connectivity index (χ0n) is 13.3. The van der Waals surface area contributed by atoms with Gasteiger partial charge in [0, 0.05) is 0 Å². The number of benzene rings is 1. The van der Waals surface area contributed by atoms with E-state index in [1.54, 1.807) is 6.92 Å². The van der Waals surface area contributed by atoms with Crippen molar-refractivity contribution < 1.29 is 9.32 Å². The molecule has 0 aliphatic heterocycles. The van der Waals surface area contributed by atoms with Gasteiger partial charge in [0.15, 0.2) is 0 Å². The fourth-order valence-electron chi connectivity index (χ4n) is 2.61. The lowest BCUT2D eigenvalue weighted by Crippen LogP contribution is -2.28. The normalized spacial score (nSPS) is 12.2. The van der Waals surface area contributed by atoms with Crippen LogP contribution in [0.15, 0.2) is 22.7 Å². The molecule has 1 atom stereocenters. The van der Waals surface area contributed by atoms with Gasteiger partial charge in [-0.2, -0.15) is 0 Å². The molecule has 1 unspecified atom stereocenters. The van der Waals surface area contributed by atoms with Crippen LogP contribution in [0.5, 0.6) is 0 Å². The number of aryl methyl sites for hydroxylation is 4. The van der Waals surface area contributed by atoms with E-state index >= 15 is 0 Å². The maximum absolute atomic E-state index is 12.5. The SMILES string of the molecule is CCc1noc(C)c1C(=O)NC(C)c1ccc(C)cc1C. The van der Waals surface area contributed by atoms with E-state index in [-0.39, 0.29) is 11.9 Å². The van der Waals surface area contributed by atoms with Gasteiger partial charge in [0.1, 0.15) is 11.3 Å². The van der Waals surface area contributed by atoms with Crippen LogP contribution in [0.25, 0.3) is 0 Å². The zero-order chi connectivity index (χ0) is 15.6. The van der Waals surface area contributed by atoms with Crippen LogP contribution in [0.4, 0.5) is 0 Å². The topological polar surface area (TPSA) is 55.1 Å². The Balaban J connectivity index is 2.21. The van der Waals surface area contributed by atoms with Crippen LogP contribution in [-0.2, 0) is 6.42 Å². The minimum absolute atomic E-state index is 0.0582. The van der Waals surface area contributed by atoms with E-state index in [9.17, 15) is 4.79 Å². The van der Waals surface area contributed by atoms with Crippen molar-refractivity contribution in [3.63, 3.8) is 0 Å². The molecule has 0 fully saturated rings. The highest BCUT2D eigenvalue weighted by atomic mass is 16.5. The highest BCUT2D eigenvalue weighted by Gasteiger charge is 2.21. The number of aromatic nitrogens is 1. The van der Waals surface area contributed by atoms with E-state index in [1.807, 2.05) is 13.8 Å². The fraction of sp³-hybridized carbons (Fsp3) is 0.412. The van der Waals surface area contributed by atoms with Gasteiger partial charge in [-0.25, -0.2) is 0 Å². The van der Waals surface area contributed by atoms with Gasteiger partial charge in [-0.3, -0.25) is 4.79 Å². The summed E-state index contributed by atoms with van der Waals surface area (Å²) in [6, 6.07) is 6.20. The van der Waals surface area contributed by atoms with Gasteiger partial charge in [-0.1, -0.05) is 35.8 Å². The van der Waals surface area contributed by atoms with Crippen LogP contribution in [-0.4, -0.2) is 11.1 Å². The van der Waals surface area contributed by atoms with Gasteiger partial charge in [0.25, 0.3) is 5.91 Å². The number of nitrogens with one attached hydrogen (secondary N) is 1. The van der Waals surface area contributed by atoms with Crippen molar-refractivity contribution in [2.75, 3.05) is 0 Å². The summed E-state index contributed by atoms with van der Waals surface area (Å²) in [6.45, 7) is 9.84. The molecule has 0 spiro atoms. The molecule has 0 aliphatic carbocycles. The number of nitrogens with zero attached hydrogens (tertiary/aromatic N) is 1. The first-order valence-corrected chi connectivity index (χ1v) is 7.27. The molecule has 4 nitrogen and oxygen atoms in total. The maximum Gasteiger partial charge on any atom is 0.257 e. The number of carbonyl (C=O) groups excluding carboxylic acids is 1.